The molecule has 58 heavy (non-hydrogen) atoms. The maximum absolute atomic E-state index is 14.3. The Kier molecular flexibility index (Phi) is 22.8. The van der Waals surface area contributed by atoms with E-state index in [-0.39, 0.29) is 38.6 Å². The summed E-state index contributed by atoms with van der Waals surface area (Å²) in [5.74, 6) is -7.21. The number of nitrogens with two attached hydrogens (primary N) is 4. The summed E-state index contributed by atoms with van der Waals surface area (Å²) in [6.07, 6.45) is 0.758. The van der Waals surface area contributed by atoms with E-state index >= 15 is 0 Å². The lowest BCUT2D eigenvalue weighted by molar-refractivity contribution is -0.153. The zero-order chi connectivity index (χ0) is 44.1. The molecule has 0 heterocycles. The molecule has 0 saturated heterocycles. The third-order valence-corrected chi connectivity index (χ3v) is 9.42. The Hall–Kier alpha value is -5.14. The number of aliphatic carboxylic acids is 2. The summed E-state index contributed by atoms with van der Waals surface area (Å²) >= 11 is 0. The number of carbonyl (C=O) groups excluding carboxylic acids is 6. The predicted molar refractivity (Wildman–Crippen MR) is 215 cm³/mol. The quantitative estimate of drug-likeness (QED) is 0.0474. The number of carbonyl (C=O) groups is 8. The Labute approximate surface area is 340 Å². The number of carboxylic acids is 2. The first-order valence-electron chi connectivity index (χ1n) is 19.7. The number of nitrogens with zero attached hydrogens (tertiary/aromatic N) is 2. The van der Waals surface area contributed by atoms with Gasteiger partial charge >= 0.3 is 11.9 Å². The Morgan fingerprint density at radius 3 is 1.64 bits per heavy atom. The molecule has 1 rings (SSSR count). The molecule has 0 bridgehead atoms. The molecule has 6 amide bonds. The van der Waals surface area contributed by atoms with Crippen LogP contribution >= 0.6 is 0 Å². The number of amides is 6. The molecule has 1 aromatic rings. The average molecular weight is 820 g/mol. The first-order chi connectivity index (χ1) is 27.3. The molecule has 0 spiro atoms. The van der Waals surface area contributed by atoms with E-state index in [2.05, 4.69) is 16.0 Å². The lowest BCUT2D eigenvalue weighted by Crippen LogP contribution is -2.61. The van der Waals surface area contributed by atoms with Gasteiger partial charge in [0.25, 0.3) is 0 Å². The maximum Gasteiger partial charge on any atom is 0.326 e. The number of benzene rings is 1. The van der Waals surface area contributed by atoms with Gasteiger partial charge in [-0.3, -0.25) is 33.6 Å². The highest BCUT2D eigenvalue weighted by Crippen LogP contribution is 2.19. The van der Waals surface area contributed by atoms with E-state index in [0.717, 1.165) is 0 Å². The van der Waals surface area contributed by atoms with Crippen molar-refractivity contribution in [2.75, 3.05) is 13.1 Å². The van der Waals surface area contributed by atoms with Crippen LogP contribution in [-0.4, -0.2) is 129 Å². The highest BCUT2D eigenvalue weighted by atomic mass is 16.4. The van der Waals surface area contributed by atoms with E-state index in [4.69, 9.17) is 28.0 Å². The van der Waals surface area contributed by atoms with E-state index in [9.17, 15) is 43.5 Å². The summed E-state index contributed by atoms with van der Waals surface area (Å²) < 4.78 is 0. The van der Waals surface area contributed by atoms with Gasteiger partial charge in [0.05, 0.1) is 12.5 Å². The van der Waals surface area contributed by atoms with E-state index in [1.165, 1.54) is 16.7 Å². The predicted octanol–water partition coefficient (Wildman–Crippen LogP) is -0.675. The average Bonchev–Trinajstić information content (AvgIpc) is 3.14. The second-order valence-corrected chi connectivity index (χ2v) is 14.9. The van der Waals surface area contributed by atoms with Crippen LogP contribution in [0.1, 0.15) is 98.0 Å². The van der Waals surface area contributed by atoms with Gasteiger partial charge in [0.2, 0.25) is 35.4 Å². The summed E-state index contributed by atoms with van der Waals surface area (Å²) in [5.41, 5.74) is 23.1. The normalized spacial score (nSPS) is 14.3. The molecule has 0 aliphatic heterocycles. The number of hydrogen-bond acceptors (Lipinski definition) is 11. The topological polar surface area (TPSA) is 324 Å². The van der Waals surface area contributed by atoms with E-state index in [0.29, 0.717) is 37.8 Å². The van der Waals surface area contributed by atoms with Crippen LogP contribution in [0.3, 0.4) is 0 Å². The minimum atomic E-state index is -1.52. The van der Waals surface area contributed by atoms with Crippen LogP contribution < -0.4 is 38.9 Å². The Morgan fingerprint density at radius 1 is 0.655 bits per heavy atom. The van der Waals surface area contributed by atoms with Gasteiger partial charge < -0.3 is 58.9 Å². The minimum Gasteiger partial charge on any atom is -0.481 e. The van der Waals surface area contributed by atoms with Crippen LogP contribution in [0, 0.1) is 0 Å². The van der Waals surface area contributed by atoms with E-state index in [1.807, 2.05) is 0 Å². The SMILES string of the molecule is CC(C)N(C(=O)[C@H](Cc1ccccc1)NC(=O)[C@H](C)NC(=O)[C@H](CCCCN)N(C(=O)[C@H](CCC(N)=O)NC(=O)[C@@H](N)CC(=O)O)C(C)C)[C@@H](CCCCN)C(=O)O. The zero-order valence-electron chi connectivity index (χ0n) is 34.4. The fourth-order valence-electron chi connectivity index (χ4n) is 6.46. The summed E-state index contributed by atoms with van der Waals surface area (Å²) in [5, 5.41) is 27.0. The summed E-state index contributed by atoms with van der Waals surface area (Å²) in [6, 6.07) is -0.272. The Balaban J connectivity index is 3.52. The molecule has 13 N–H and O–H groups in total. The minimum absolute atomic E-state index is 0.0102. The van der Waals surface area contributed by atoms with Gasteiger partial charge in [0, 0.05) is 24.9 Å². The second-order valence-electron chi connectivity index (χ2n) is 14.9. The van der Waals surface area contributed by atoms with Crippen LogP contribution in [0.15, 0.2) is 30.3 Å². The molecule has 0 saturated carbocycles. The first-order valence-corrected chi connectivity index (χ1v) is 19.7. The summed E-state index contributed by atoms with van der Waals surface area (Å²) in [4.78, 5) is 107. The van der Waals surface area contributed by atoms with Crippen molar-refractivity contribution < 1.29 is 48.6 Å². The van der Waals surface area contributed by atoms with Gasteiger partial charge in [0.1, 0.15) is 30.2 Å². The number of primary amides is 1. The molecule has 0 aromatic heterocycles. The van der Waals surface area contributed by atoms with Crippen molar-refractivity contribution in [1.82, 2.24) is 25.8 Å². The van der Waals surface area contributed by atoms with Gasteiger partial charge in [-0.15, -0.1) is 0 Å². The second kappa shape index (κ2) is 26.0. The highest BCUT2D eigenvalue weighted by Gasteiger charge is 2.39. The van der Waals surface area contributed by atoms with Gasteiger partial charge in [-0.25, -0.2) is 4.79 Å². The third kappa shape index (κ3) is 17.2. The number of carboxylic acid groups (broad SMARTS) is 2. The molecular weight excluding hydrogens is 754 g/mol. The number of rotatable bonds is 28. The summed E-state index contributed by atoms with van der Waals surface area (Å²) in [7, 11) is 0. The largest absolute Gasteiger partial charge is 0.481 e. The molecule has 0 radical (unpaired) electrons. The highest BCUT2D eigenvalue weighted by molar-refractivity contribution is 5.97. The zero-order valence-corrected chi connectivity index (χ0v) is 34.4. The molecule has 6 atom stereocenters. The molecule has 19 nitrogen and oxygen atoms in total. The summed E-state index contributed by atoms with van der Waals surface area (Å²) in [6.45, 7) is 8.64. The molecule has 19 heteroatoms. The van der Waals surface area contributed by atoms with Crippen LogP contribution in [-0.2, 0) is 44.8 Å². The number of hydrogen-bond donors (Lipinski definition) is 9. The molecule has 0 aliphatic rings. The smallest absolute Gasteiger partial charge is 0.326 e. The van der Waals surface area contributed by atoms with Crippen LogP contribution in [0.4, 0.5) is 0 Å². The molecule has 326 valence electrons. The van der Waals surface area contributed by atoms with Gasteiger partial charge in [0.15, 0.2) is 0 Å². The van der Waals surface area contributed by atoms with Crippen molar-refractivity contribution in [3.63, 3.8) is 0 Å². The fourth-order valence-corrected chi connectivity index (χ4v) is 6.46. The maximum atomic E-state index is 14.3. The van der Waals surface area contributed by atoms with Crippen molar-refractivity contribution >= 4 is 47.4 Å². The monoisotopic (exact) mass is 819 g/mol. The third-order valence-electron chi connectivity index (χ3n) is 9.42. The van der Waals surface area contributed by atoms with Gasteiger partial charge in [-0.2, -0.15) is 0 Å². The molecule has 0 fully saturated rings. The number of nitrogens with one attached hydrogen (secondary N) is 3. The molecule has 0 aliphatic carbocycles. The lowest BCUT2D eigenvalue weighted by Gasteiger charge is -2.38. The Bertz CT molecular complexity index is 1530. The van der Waals surface area contributed by atoms with Gasteiger partial charge in [-0.05, 0) is 98.2 Å². The van der Waals surface area contributed by atoms with Crippen LogP contribution in [0.2, 0.25) is 0 Å². The van der Waals surface area contributed by atoms with Crippen molar-refractivity contribution in [2.24, 2.45) is 22.9 Å². The molecule has 1 aromatic carbocycles. The first kappa shape index (κ1) is 50.9. The van der Waals surface area contributed by atoms with Crippen LogP contribution in [0.5, 0.6) is 0 Å². The fraction of sp³-hybridized carbons (Fsp3) is 0.641. The Morgan fingerprint density at radius 2 is 1.16 bits per heavy atom. The van der Waals surface area contributed by atoms with Crippen molar-refractivity contribution in [3.05, 3.63) is 35.9 Å². The van der Waals surface area contributed by atoms with Gasteiger partial charge in [-0.1, -0.05) is 30.3 Å². The number of unbranched alkanes of at least 4 members (excludes halogenated alkanes) is 2. The van der Waals surface area contributed by atoms with Crippen molar-refractivity contribution in [1.29, 1.82) is 0 Å². The standard InChI is InChI=1S/C39H65N9O10/c1-23(2)47(37(55)28(17-18-32(43)49)45-35(53)27(42)22-33(50)51)30(15-9-11-19-40)36(54)44-25(5)34(52)46-29(21-26-13-7-6-8-14-26)38(56)48(24(3)4)31(39(57)58)16-10-12-20-41/h6-8,13-14,23-25,27-31H,9-12,15-22,40-42H2,1-5H3,(H2,43,49)(H,44,54)(H,45,53)(H,46,52)(H,50,51)(H,57,58)/t25-,27-,28-,29-,30-,31-/m0/s1. The van der Waals surface area contributed by atoms with E-state index in [1.54, 1.807) is 58.0 Å². The van der Waals surface area contributed by atoms with Crippen LogP contribution in [0.25, 0.3) is 0 Å². The molecule has 0 unspecified atom stereocenters. The molecular formula is C39H65N9O10. The lowest BCUT2D eigenvalue weighted by atomic mass is 10.00. The van der Waals surface area contributed by atoms with Crippen molar-refractivity contribution in [3.8, 4) is 0 Å². The van der Waals surface area contributed by atoms with Crippen molar-refractivity contribution in [2.45, 2.75) is 147 Å². The van der Waals surface area contributed by atoms with E-state index < -0.39 is 102 Å².